The van der Waals surface area contributed by atoms with Gasteiger partial charge in [-0.15, -0.1) is 0 Å². The molecule has 1 aliphatic heterocycles. The molecule has 1 aromatic heterocycles. The molecular weight excluding hydrogens is 248 g/mol. The zero-order valence-corrected chi connectivity index (χ0v) is 9.78. The number of para-hydroxylation sites is 1. The lowest BCUT2D eigenvalue weighted by Crippen LogP contribution is -2.43. The van der Waals surface area contributed by atoms with E-state index < -0.39 is 17.9 Å². The van der Waals surface area contributed by atoms with Gasteiger partial charge in [-0.1, -0.05) is 18.2 Å². The number of carbonyl (C=O) groups is 2. The third-order valence-corrected chi connectivity index (χ3v) is 3.11. The molecule has 2 aromatic rings. The van der Waals surface area contributed by atoms with E-state index in [-0.39, 0.29) is 5.69 Å². The van der Waals surface area contributed by atoms with E-state index in [1.165, 1.54) is 11.1 Å². The van der Waals surface area contributed by atoms with Crippen LogP contribution in [0.25, 0.3) is 0 Å². The first-order chi connectivity index (χ1) is 9.18. The largest absolute Gasteiger partial charge is 0.480 e. The molecule has 0 saturated heterocycles. The first kappa shape index (κ1) is 11.4. The average molecular weight is 258 g/mol. The molecule has 96 valence electrons. The Kier molecular flexibility index (Phi) is 2.52. The standard InChI is InChI=1S/C12H10N4O3/c17-11(8-6-13-15-14-8)16-9-4-2-1-3-7(9)5-10(16)12(18)19/h1-4,6,10H,5H2,(H,18,19)(H,13,14,15)/t10-/m0/s1. The zero-order chi connectivity index (χ0) is 13.4. The van der Waals surface area contributed by atoms with Crippen molar-refractivity contribution in [2.75, 3.05) is 4.90 Å². The van der Waals surface area contributed by atoms with Gasteiger partial charge >= 0.3 is 5.97 Å². The molecule has 1 aliphatic rings. The molecule has 1 atom stereocenters. The molecule has 7 nitrogen and oxygen atoms in total. The fraction of sp³-hybridized carbons (Fsp3) is 0.167. The molecule has 0 radical (unpaired) electrons. The molecular formula is C12H10N4O3. The van der Waals surface area contributed by atoms with Gasteiger partial charge in [0.1, 0.15) is 6.04 Å². The van der Waals surface area contributed by atoms with Crippen molar-refractivity contribution in [1.82, 2.24) is 15.4 Å². The molecule has 0 unspecified atom stereocenters. The summed E-state index contributed by atoms with van der Waals surface area (Å²) in [6.45, 7) is 0. The lowest BCUT2D eigenvalue weighted by atomic mass is 10.1. The van der Waals surface area contributed by atoms with Gasteiger partial charge < -0.3 is 5.11 Å². The SMILES string of the molecule is O=C(O)[C@@H]1Cc2ccccc2N1C(=O)c1cn[nH]n1. The summed E-state index contributed by atoms with van der Waals surface area (Å²) in [5, 5.41) is 18.9. The van der Waals surface area contributed by atoms with Crippen molar-refractivity contribution in [2.24, 2.45) is 0 Å². The Labute approximate surface area is 107 Å². The Morgan fingerprint density at radius 2 is 2.16 bits per heavy atom. The summed E-state index contributed by atoms with van der Waals surface area (Å²) in [5.74, 6) is -1.50. The number of carboxylic acids is 1. The van der Waals surface area contributed by atoms with Crippen molar-refractivity contribution in [3.8, 4) is 0 Å². The van der Waals surface area contributed by atoms with E-state index >= 15 is 0 Å². The van der Waals surface area contributed by atoms with Crippen LogP contribution in [0.2, 0.25) is 0 Å². The number of nitrogens with zero attached hydrogens (tertiary/aromatic N) is 3. The second-order valence-corrected chi connectivity index (χ2v) is 4.22. The Balaban J connectivity index is 2.05. The third-order valence-electron chi connectivity index (χ3n) is 3.11. The van der Waals surface area contributed by atoms with E-state index in [9.17, 15) is 14.7 Å². The number of nitrogens with one attached hydrogen (secondary N) is 1. The van der Waals surface area contributed by atoms with Crippen molar-refractivity contribution >= 4 is 17.6 Å². The van der Waals surface area contributed by atoms with Crippen LogP contribution in [-0.4, -0.2) is 38.4 Å². The lowest BCUT2D eigenvalue weighted by Gasteiger charge is -2.21. The van der Waals surface area contributed by atoms with Gasteiger partial charge in [0.2, 0.25) is 0 Å². The van der Waals surface area contributed by atoms with Gasteiger partial charge in [0, 0.05) is 12.1 Å². The maximum Gasteiger partial charge on any atom is 0.327 e. The number of benzene rings is 1. The highest BCUT2D eigenvalue weighted by Crippen LogP contribution is 2.33. The first-order valence-corrected chi connectivity index (χ1v) is 5.68. The van der Waals surface area contributed by atoms with Crippen molar-refractivity contribution in [3.63, 3.8) is 0 Å². The summed E-state index contributed by atoms with van der Waals surface area (Å²) >= 11 is 0. The fourth-order valence-electron chi connectivity index (χ4n) is 2.26. The Bertz CT molecular complexity index is 638. The molecule has 2 heterocycles. The van der Waals surface area contributed by atoms with E-state index in [2.05, 4.69) is 15.4 Å². The van der Waals surface area contributed by atoms with Gasteiger partial charge in [0.15, 0.2) is 5.69 Å². The highest BCUT2D eigenvalue weighted by molar-refractivity contribution is 6.09. The third kappa shape index (κ3) is 1.75. The summed E-state index contributed by atoms with van der Waals surface area (Å²) in [6.07, 6.45) is 1.58. The molecule has 1 amide bonds. The fourth-order valence-corrected chi connectivity index (χ4v) is 2.26. The Hall–Kier alpha value is -2.70. The Morgan fingerprint density at radius 1 is 1.37 bits per heavy atom. The van der Waals surface area contributed by atoms with Crippen LogP contribution in [0, 0.1) is 0 Å². The highest BCUT2D eigenvalue weighted by Gasteiger charge is 2.39. The monoisotopic (exact) mass is 258 g/mol. The van der Waals surface area contributed by atoms with Crippen LogP contribution < -0.4 is 4.90 Å². The van der Waals surface area contributed by atoms with Gasteiger partial charge in [-0.2, -0.15) is 15.4 Å². The molecule has 7 heteroatoms. The number of amides is 1. The minimum Gasteiger partial charge on any atom is -0.480 e. The van der Waals surface area contributed by atoms with E-state index in [1.807, 2.05) is 12.1 Å². The van der Waals surface area contributed by atoms with Crippen molar-refractivity contribution in [3.05, 3.63) is 41.7 Å². The average Bonchev–Trinajstić information content (AvgIpc) is 3.05. The number of fused-ring (bicyclic) bond motifs is 1. The van der Waals surface area contributed by atoms with E-state index in [0.29, 0.717) is 12.1 Å². The number of rotatable bonds is 2. The maximum atomic E-state index is 12.3. The molecule has 3 rings (SSSR count). The van der Waals surface area contributed by atoms with Gasteiger partial charge in [-0.3, -0.25) is 9.69 Å². The van der Waals surface area contributed by atoms with E-state index in [4.69, 9.17) is 0 Å². The van der Waals surface area contributed by atoms with Gasteiger partial charge in [0.05, 0.1) is 6.20 Å². The topological polar surface area (TPSA) is 99.2 Å². The van der Waals surface area contributed by atoms with Gasteiger partial charge in [-0.25, -0.2) is 4.79 Å². The predicted molar refractivity (Wildman–Crippen MR) is 64.8 cm³/mol. The summed E-state index contributed by atoms with van der Waals surface area (Å²) in [5.41, 5.74) is 1.55. The normalized spacial score (nSPS) is 17.3. The molecule has 19 heavy (non-hydrogen) atoms. The van der Waals surface area contributed by atoms with Crippen molar-refractivity contribution < 1.29 is 14.7 Å². The van der Waals surface area contributed by atoms with Crippen LogP contribution in [0.5, 0.6) is 0 Å². The molecule has 1 aromatic carbocycles. The van der Waals surface area contributed by atoms with Crippen LogP contribution in [0.1, 0.15) is 16.1 Å². The molecule has 2 N–H and O–H groups in total. The van der Waals surface area contributed by atoms with E-state index in [0.717, 1.165) is 5.56 Å². The van der Waals surface area contributed by atoms with E-state index in [1.54, 1.807) is 12.1 Å². The second kappa shape index (κ2) is 4.20. The molecule has 0 bridgehead atoms. The predicted octanol–water partition coefficient (Wildman–Crippen LogP) is 0.461. The van der Waals surface area contributed by atoms with Gasteiger partial charge in [-0.05, 0) is 11.6 Å². The number of hydrogen-bond acceptors (Lipinski definition) is 4. The number of carboxylic acid groups (broad SMARTS) is 1. The van der Waals surface area contributed by atoms with Crippen LogP contribution >= 0.6 is 0 Å². The Morgan fingerprint density at radius 3 is 2.84 bits per heavy atom. The minimum absolute atomic E-state index is 0.1000. The molecule has 0 spiro atoms. The highest BCUT2D eigenvalue weighted by atomic mass is 16.4. The number of H-pyrrole nitrogens is 1. The number of anilines is 1. The number of aromatic nitrogens is 3. The zero-order valence-electron chi connectivity index (χ0n) is 9.78. The minimum atomic E-state index is -1.03. The van der Waals surface area contributed by atoms with Crippen molar-refractivity contribution in [1.29, 1.82) is 0 Å². The van der Waals surface area contributed by atoms with Crippen LogP contribution in [0.15, 0.2) is 30.5 Å². The lowest BCUT2D eigenvalue weighted by molar-refractivity contribution is -0.138. The molecule has 0 saturated carbocycles. The summed E-state index contributed by atoms with van der Waals surface area (Å²) < 4.78 is 0. The molecule has 0 aliphatic carbocycles. The smallest absolute Gasteiger partial charge is 0.327 e. The number of aliphatic carboxylic acids is 1. The number of hydrogen-bond donors (Lipinski definition) is 2. The summed E-state index contributed by atoms with van der Waals surface area (Å²) in [6, 6.07) is 6.24. The molecule has 0 fully saturated rings. The van der Waals surface area contributed by atoms with Crippen LogP contribution in [0.3, 0.4) is 0 Å². The quantitative estimate of drug-likeness (QED) is 0.815. The van der Waals surface area contributed by atoms with Crippen LogP contribution in [-0.2, 0) is 11.2 Å². The first-order valence-electron chi connectivity index (χ1n) is 5.68. The summed E-state index contributed by atoms with van der Waals surface area (Å²) in [7, 11) is 0. The maximum absolute atomic E-state index is 12.3. The summed E-state index contributed by atoms with van der Waals surface area (Å²) in [4.78, 5) is 24.9. The number of carbonyl (C=O) groups excluding carboxylic acids is 1. The van der Waals surface area contributed by atoms with Crippen molar-refractivity contribution in [2.45, 2.75) is 12.5 Å². The number of aromatic amines is 1. The second-order valence-electron chi connectivity index (χ2n) is 4.22. The van der Waals surface area contributed by atoms with Gasteiger partial charge in [0.25, 0.3) is 5.91 Å². The van der Waals surface area contributed by atoms with Crippen LogP contribution in [0.4, 0.5) is 5.69 Å².